The number of hydrogen-bond acceptors (Lipinski definition) is 3. The van der Waals surface area contributed by atoms with Crippen LogP contribution in [0.2, 0.25) is 0 Å². The highest BCUT2D eigenvalue weighted by Gasteiger charge is 2.36. The second-order valence-electron chi connectivity index (χ2n) is 6.46. The molecule has 0 aromatic heterocycles. The molecule has 0 aromatic rings. The Morgan fingerprint density at radius 3 is 2.53 bits per heavy atom. The molecule has 2 fully saturated rings. The van der Waals surface area contributed by atoms with Crippen molar-refractivity contribution < 1.29 is 4.79 Å². The summed E-state index contributed by atoms with van der Waals surface area (Å²) in [5.74, 6) is 0.869. The van der Waals surface area contributed by atoms with Gasteiger partial charge in [-0.05, 0) is 45.2 Å². The van der Waals surface area contributed by atoms with Gasteiger partial charge in [-0.3, -0.25) is 10.1 Å². The van der Waals surface area contributed by atoms with E-state index >= 15 is 0 Å². The first kappa shape index (κ1) is 14.8. The predicted octanol–water partition coefficient (Wildman–Crippen LogP) is 1.66. The molecular formula is C15H29N3O. The Bertz CT molecular complexity index is 300. The molecule has 2 atom stereocenters. The summed E-state index contributed by atoms with van der Waals surface area (Å²) < 4.78 is 0. The zero-order valence-electron chi connectivity index (χ0n) is 12.7. The summed E-state index contributed by atoms with van der Waals surface area (Å²) in [5.41, 5.74) is 0. The van der Waals surface area contributed by atoms with Crippen LogP contribution in [-0.2, 0) is 4.79 Å². The fourth-order valence-electron chi connectivity index (χ4n) is 3.22. The Morgan fingerprint density at radius 2 is 1.89 bits per heavy atom. The van der Waals surface area contributed by atoms with Gasteiger partial charge in [-0.15, -0.1) is 0 Å². The van der Waals surface area contributed by atoms with E-state index in [1.165, 1.54) is 32.4 Å². The van der Waals surface area contributed by atoms with Crippen molar-refractivity contribution in [2.45, 2.75) is 58.7 Å². The molecule has 4 heteroatoms. The molecule has 2 rings (SSSR count). The summed E-state index contributed by atoms with van der Waals surface area (Å²) in [5, 5.41) is 3.43. The van der Waals surface area contributed by atoms with E-state index in [-0.39, 0.29) is 12.2 Å². The van der Waals surface area contributed by atoms with Crippen LogP contribution >= 0.6 is 0 Å². The number of nitrogens with zero attached hydrogens (tertiary/aromatic N) is 2. The van der Waals surface area contributed by atoms with Crippen molar-refractivity contribution in [3.63, 3.8) is 0 Å². The van der Waals surface area contributed by atoms with Gasteiger partial charge in [0, 0.05) is 13.1 Å². The highest BCUT2D eigenvalue weighted by atomic mass is 16.2. The first-order chi connectivity index (χ1) is 9.08. The highest BCUT2D eigenvalue weighted by molar-refractivity contribution is 5.84. The third-order valence-electron chi connectivity index (χ3n) is 4.30. The minimum Gasteiger partial charge on any atom is -0.325 e. The average molecular weight is 267 g/mol. The summed E-state index contributed by atoms with van der Waals surface area (Å²) in [7, 11) is 0. The van der Waals surface area contributed by atoms with Gasteiger partial charge in [0.1, 0.15) is 0 Å². The molecular weight excluding hydrogens is 238 g/mol. The van der Waals surface area contributed by atoms with Gasteiger partial charge >= 0.3 is 0 Å². The van der Waals surface area contributed by atoms with Crippen molar-refractivity contribution in [2.75, 3.05) is 26.2 Å². The lowest BCUT2D eigenvalue weighted by Gasteiger charge is -2.29. The van der Waals surface area contributed by atoms with E-state index in [1.54, 1.807) is 0 Å². The molecule has 2 aliphatic rings. The number of nitrogens with one attached hydrogen (secondary N) is 1. The number of piperidine rings is 1. The van der Waals surface area contributed by atoms with Crippen molar-refractivity contribution >= 4 is 5.91 Å². The zero-order valence-corrected chi connectivity index (χ0v) is 12.7. The molecule has 4 nitrogen and oxygen atoms in total. The maximum absolute atomic E-state index is 12.4. The first-order valence-corrected chi connectivity index (χ1v) is 7.87. The predicted molar refractivity (Wildman–Crippen MR) is 77.8 cm³/mol. The van der Waals surface area contributed by atoms with Crippen molar-refractivity contribution in [3.8, 4) is 0 Å². The van der Waals surface area contributed by atoms with Gasteiger partial charge in [-0.1, -0.05) is 20.3 Å². The largest absolute Gasteiger partial charge is 0.325 e. The van der Waals surface area contributed by atoms with E-state index in [2.05, 4.69) is 31.0 Å². The van der Waals surface area contributed by atoms with Crippen LogP contribution in [0.5, 0.6) is 0 Å². The fraction of sp³-hybridized carbons (Fsp3) is 0.933. The molecule has 2 unspecified atom stereocenters. The Morgan fingerprint density at radius 1 is 1.21 bits per heavy atom. The second-order valence-corrected chi connectivity index (χ2v) is 6.46. The SMILES string of the molecule is CC(C)CC1NC(C)N(CCN2CCCCC2)C1=O. The van der Waals surface area contributed by atoms with Crippen molar-refractivity contribution in [3.05, 3.63) is 0 Å². The van der Waals surface area contributed by atoms with Crippen LogP contribution in [0.15, 0.2) is 0 Å². The van der Waals surface area contributed by atoms with E-state index in [1.807, 2.05) is 4.90 Å². The maximum Gasteiger partial charge on any atom is 0.241 e. The van der Waals surface area contributed by atoms with E-state index in [0.29, 0.717) is 11.8 Å². The Kier molecular flexibility index (Phi) is 5.22. The number of likely N-dealkylation sites (tertiary alicyclic amines) is 1. The van der Waals surface area contributed by atoms with E-state index in [4.69, 9.17) is 0 Å². The standard InChI is InChI=1S/C15H29N3O/c1-12(2)11-14-15(19)18(13(3)16-14)10-9-17-7-5-4-6-8-17/h12-14,16H,4-11H2,1-3H3. The Hall–Kier alpha value is -0.610. The Labute approximate surface area is 117 Å². The fourth-order valence-corrected chi connectivity index (χ4v) is 3.22. The van der Waals surface area contributed by atoms with Gasteiger partial charge in [0.2, 0.25) is 5.91 Å². The molecule has 0 spiro atoms. The molecule has 19 heavy (non-hydrogen) atoms. The second kappa shape index (κ2) is 6.71. The van der Waals surface area contributed by atoms with Crippen LogP contribution < -0.4 is 5.32 Å². The summed E-state index contributed by atoms with van der Waals surface area (Å²) in [6, 6.07) is 0.0383. The average Bonchev–Trinajstić information content (AvgIpc) is 2.63. The van der Waals surface area contributed by atoms with Crippen LogP contribution in [0, 0.1) is 5.92 Å². The smallest absolute Gasteiger partial charge is 0.241 e. The third-order valence-corrected chi connectivity index (χ3v) is 4.30. The molecule has 0 radical (unpaired) electrons. The van der Waals surface area contributed by atoms with Gasteiger partial charge in [0.05, 0.1) is 12.2 Å². The maximum atomic E-state index is 12.4. The highest BCUT2D eigenvalue weighted by Crippen LogP contribution is 2.17. The molecule has 0 saturated carbocycles. The number of rotatable bonds is 5. The minimum atomic E-state index is 0.0383. The van der Waals surface area contributed by atoms with Crippen LogP contribution in [0.3, 0.4) is 0 Å². The molecule has 0 aliphatic carbocycles. The summed E-state index contributed by atoms with van der Waals surface area (Å²) in [6.07, 6.45) is 5.15. The van der Waals surface area contributed by atoms with Crippen molar-refractivity contribution in [1.29, 1.82) is 0 Å². The number of carbonyl (C=O) groups is 1. The summed E-state index contributed by atoms with van der Waals surface area (Å²) in [6.45, 7) is 10.8. The van der Waals surface area contributed by atoms with Gasteiger partial charge in [-0.2, -0.15) is 0 Å². The quantitative estimate of drug-likeness (QED) is 0.823. The van der Waals surface area contributed by atoms with Crippen LogP contribution in [-0.4, -0.2) is 54.1 Å². The number of hydrogen-bond donors (Lipinski definition) is 1. The topological polar surface area (TPSA) is 35.6 Å². The molecule has 2 heterocycles. The van der Waals surface area contributed by atoms with E-state index < -0.39 is 0 Å². The van der Waals surface area contributed by atoms with E-state index in [9.17, 15) is 4.79 Å². The van der Waals surface area contributed by atoms with Crippen LogP contribution in [0.1, 0.15) is 46.5 Å². The molecule has 1 amide bonds. The monoisotopic (exact) mass is 267 g/mol. The summed E-state index contributed by atoms with van der Waals surface area (Å²) in [4.78, 5) is 16.9. The first-order valence-electron chi connectivity index (χ1n) is 7.87. The van der Waals surface area contributed by atoms with Gasteiger partial charge in [-0.25, -0.2) is 0 Å². The van der Waals surface area contributed by atoms with Crippen molar-refractivity contribution in [1.82, 2.24) is 15.1 Å². The lowest BCUT2D eigenvalue weighted by molar-refractivity contribution is -0.130. The molecule has 0 bridgehead atoms. The Balaban J connectivity index is 1.80. The summed E-state index contributed by atoms with van der Waals surface area (Å²) >= 11 is 0. The molecule has 0 aromatic carbocycles. The molecule has 1 N–H and O–H groups in total. The lowest BCUT2D eigenvalue weighted by Crippen LogP contribution is -2.42. The molecule has 2 saturated heterocycles. The van der Waals surface area contributed by atoms with Gasteiger partial charge < -0.3 is 9.80 Å². The molecule has 2 aliphatic heterocycles. The lowest BCUT2D eigenvalue weighted by atomic mass is 10.0. The number of amides is 1. The minimum absolute atomic E-state index is 0.0383. The van der Waals surface area contributed by atoms with Crippen LogP contribution in [0.25, 0.3) is 0 Å². The third kappa shape index (κ3) is 3.93. The van der Waals surface area contributed by atoms with Crippen LogP contribution in [0.4, 0.5) is 0 Å². The van der Waals surface area contributed by atoms with Crippen molar-refractivity contribution in [2.24, 2.45) is 5.92 Å². The zero-order chi connectivity index (χ0) is 13.8. The number of carbonyl (C=O) groups excluding carboxylic acids is 1. The molecule has 110 valence electrons. The van der Waals surface area contributed by atoms with E-state index in [0.717, 1.165) is 19.5 Å². The van der Waals surface area contributed by atoms with Gasteiger partial charge in [0.25, 0.3) is 0 Å². The normalized spacial score (nSPS) is 29.5. The van der Waals surface area contributed by atoms with Gasteiger partial charge in [0.15, 0.2) is 0 Å².